The maximum atomic E-state index is 12.2. The first-order valence-electron chi connectivity index (χ1n) is 10.2. The van der Waals surface area contributed by atoms with Gasteiger partial charge < -0.3 is 14.2 Å². The van der Waals surface area contributed by atoms with Crippen molar-refractivity contribution in [2.24, 2.45) is 5.41 Å². The zero-order valence-electron chi connectivity index (χ0n) is 19.2. The zero-order chi connectivity index (χ0) is 23.1. The molecule has 0 saturated carbocycles. The van der Waals surface area contributed by atoms with Crippen LogP contribution in [0.15, 0.2) is 48.5 Å². The second kappa shape index (κ2) is 10.2. The van der Waals surface area contributed by atoms with E-state index in [0.29, 0.717) is 17.2 Å². The fourth-order valence-corrected chi connectivity index (χ4v) is 3.73. The molecule has 2 aromatic carbocycles. The Hall–Kier alpha value is -3.26. The second-order valence-corrected chi connectivity index (χ2v) is 9.28. The van der Waals surface area contributed by atoms with Gasteiger partial charge in [-0.2, -0.15) is 5.26 Å². The number of hydrogen-bond acceptors (Lipinski definition) is 5. The highest BCUT2D eigenvalue weighted by molar-refractivity contribution is 5.75. The number of methoxy groups -OCH3 is 1. The summed E-state index contributed by atoms with van der Waals surface area (Å²) in [5, 5.41) is 8.63. The molecular weight excluding hydrogens is 390 g/mol. The summed E-state index contributed by atoms with van der Waals surface area (Å²) in [6.45, 7) is 11.0. The van der Waals surface area contributed by atoms with Gasteiger partial charge in [-0.3, -0.25) is 0 Å². The van der Waals surface area contributed by atoms with Crippen molar-refractivity contribution in [2.45, 2.75) is 46.5 Å². The standard InChI is InChI=1S/C26H31NO4/c1-25(2,3)18-26(4,5)20-10-12-21(13-11-20)30-17-24(28)31-22-14-9-19(8-7-15-27)16-23(22)29-6/h7-14,16H,17-18H2,1-6H3/b8-7-. The van der Waals surface area contributed by atoms with Crippen molar-refractivity contribution in [1.29, 1.82) is 5.26 Å². The zero-order valence-corrected chi connectivity index (χ0v) is 19.2. The van der Waals surface area contributed by atoms with Crippen LogP contribution in [-0.4, -0.2) is 19.7 Å². The molecule has 0 unspecified atom stereocenters. The van der Waals surface area contributed by atoms with Crippen LogP contribution >= 0.6 is 0 Å². The van der Waals surface area contributed by atoms with Gasteiger partial charge in [0.1, 0.15) is 5.75 Å². The first-order chi connectivity index (χ1) is 14.5. The van der Waals surface area contributed by atoms with Gasteiger partial charge in [-0.15, -0.1) is 0 Å². The maximum Gasteiger partial charge on any atom is 0.349 e. The predicted octanol–water partition coefficient (Wildman–Crippen LogP) is 5.93. The van der Waals surface area contributed by atoms with E-state index in [1.165, 1.54) is 18.7 Å². The Morgan fingerprint density at radius 3 is 2.29 bits per heavy atom. The number of carbonyl (C=O) groups excluding carboxylic acids is 1. The highest BCUT2D eigenvalue weighted by atomic mass is 16.6. The molecule has 0 spiro atoms. The van der Waals surface area contributed by atoms with Crippen molar-refractivity contribution in [1.82, 2.24) is 0 Å². The number of benzene rings is 2. The largest absolute Gasteiger partial charge is 0.493 e. The van der Waals surface area contributed by atoms with Gasteiger partial charge in [0.25, 0.3) is 0 Å². The van der Waals surface area contributed by atoms with E-state index < -0.39 is 5.97 Å². The Morgan fingerprint density at radius 1 is 1.03 bits per heavy atom. The Labute approximate surface area is 185 Å². The lowest BCUT2D eigenvalue weighted by Gasteiger charge is -2.33. The molecule has 5 nitrogen and oxygen atoms in total. The summed E-state index contributed by atoms with van der Waals surface area (Å²) in [4.78, 5) is 12.2. The number of rotatable bonds is 8. The summed E-state index contributed by atoms with van der Waals surface area (Å²) in [5.41, 5.74) is 2.27. The molecule has 0 aliphatic rings. The van der Waals surface area contributed by atoms with Crippen LogP contribution < -0.4 is 14.2 Å². The average Bonchev–Trinajstić information content (AvgIpc) is 2.70. The van der Waals surface area contributed by atoms with Crippen LogP contribution in [-0.2, 0) is 10.2 Å². The minimum absolute atomic E-state index is 0.0425. The molecule has 0 atom stereocenters. The third kappa shape index (κ3) is 7.49. The van der Waals surface area contributed by atoms with Gasteiger partial charge in [0.05, 0.1) is 13.2 Å². The molecule has 0 bridgehead atoms. The quantitative estimate of drug-likeness (QED) is 0.300. The molecule has 0 aromatic heterocycles. The topological polar surface area (TPSA) is 68.5 Å². The van der Waals surface area contributed by atoms with Crippen molar-refractivity contribution >= 4 is 12.0 Å². The van der Waals surface area contributed by atoms with E-state index in [9.17, 15) is 4.79 Å². The third-order valence-electron chi connectivity index (χ3n) is 4.73. The number of ether oxygens (including phenoxy) is 3. The molecule has 0 aliphatic heterocycles. The molecule has 164 valence electrons. The van der Waals surface area contributed by atoms with E-state index in [1.807, 2.05) is 30.3 Å². The average molecular weight is 422 g/mol. The van der Waals surface area contributed by atoms with E-state index in [4.69, 9.17) is 19.5 Å². The normalized spacial score (nSPS) is 11.8. The van der Waals surface area contributed by atoms with Crippen LogP contribution in [0.4, 0.5) is 0 Å². The first kappa shape index (κ1) is 24.0. The number of nitriles is 1. The molecule has 0 fully saturated rings. The van der Waals surface area contributed by atoms with Crippen LogP contribution in [0.25, 0.3) is 6.08 Å². The van der Waals surface area contributed by atoms with Gasteiger partial charge in [-0.05, 0) is 58.7 Å². The summed E-state index contributed by atoms with van der Waals surface area (Å²) in [5.74, 6) is 0.773. The smallest absolute Gasteiger partial charge is 0.349 e. The monoisotopic (exact) mass is 421 g/mol. The van der Waals surface area contributed by atoms with Crippen LogP contribution in [0.2, 0.25) is 0 Å². The van der Waals surface area contributed by atoms with Gasteiger partial charge in [0.15, 0.2) is 18.1 Å². The Bertz CT molecular complexity index is 960. The fraction of sp³-hybridized carbons (Fsp3) is 0.385. The summed E-state index contributed by atoms with van der Waals surface area (Å²) in [7, 11) is 1.49. The molecule has 0 amide bonds. The third-order valence-corrected chi connectivity index (χ3v) is 4.73. The number of esters is 1. The minimum Gasteiger partial charge on any atom is -0.493 e. The predicted molar refractivity (Wildman–Crippen MR) is 122 cm³/mol. The number of nitrogens with zero attached hydrogens (tertiary/aromatic N) is 1. The van der Waals surface area contributed by atoms with E-state index in [-0.39, 0.29) is 17.4 Å². The van der Waals surface area contributed by atoms with Gasteiger partial charge >= 0.3 is 5.97 Å². The number of carbonyl (C=O) groups is 1. The molecular formula is C26H31NO4. The summed E-state index contributed by atoms with van der Waals surface area (Å²) < 4.78 is 16.2. The first-order valence-corrected chi connectivity index (χ1v) is 10.2. The summed E-state index contributed by atoms with van der Waals surface area (Å²) in [6.07, 6.45) is 4.06. The fourth-order valence-electron chi connectivity index (χ4n) is 3.73. The highest BCUT2D eigenvalue weighted by Gasteiger charge is 2.27. The lowest BCUT2D eigenvalue weighted by atomic mass is 9.72. The van der Waals surface area contributed by atoms with Crippen molar-refractivity contribution in [2.75, 3.05) is 13.7 Å². The van der Waals surface area contributed by atoms with E-state index in [2.05, 4.69) is 34.6 Å². The van der Waals surface area contributed by atoms with Gasteiger partial charge in [-0.25, -0.2) is 4.79 Å². The minimum atomic E-state index is -0.532. The van der Waals surface area contributed by atoms with Crippen molar-refractivity contribution < 1.29 is 19.0 Å². The van der Waals surface area contributed by atoms with Crippen molar-refractivity contribution in [3.05, 3.63) is 59.7 Å². The lowest BCUT2D eigenvalue weighted by Crippen LogP contribution is -2.24. The molecule has 31 heavy (non-hydrogen) atoms. The Kier molecular flexibility index (Phi) is 7.88. The van der Waals surface area contributed by atoms with Crippen LogP contribution in [0, 0.1) is 16.7 Å². The van der Waals surface area contributed by atoms with Crippen LogP contribution in [0.1, 0.15) is 52.2 Å². The molecule has 5 heteroatoms. The Balaban J connectivity index is 1.97. The van der Waals surface area contributed by atoms with Crippen molar-refractivity contribution in [3.63, 3.8) is 0 Å². The number of hydrogen-bond donors (Lipinski definition) is 0. The SMILES string of the molecule is COc1cc(/C=C\C#N)ccc1OC(=O)COc1ccc(C(C)(C)CC(C)(C)C)cc1. The van der Waals surface area contributed by atoms with Gasteiger partial charge in [-0.1, -0.05) is 52.8 Å². The molecule has 0 N–H and O–H groups in total. The molecule has 0 radical (unpaired) electrons. The van der Waals surface area contributed by atoms with E-state index in [1.54, 1.807) is 24.3 Å². The van der Waals surface area contributed by atoms with Crippen LogP contribution in [0.5, 0.6) is 17.2 Å². The molecule has 0 aliphatic carbocycles. The molecule has 0 saturated heterocycles. The summed E-state index contributed by atoms with van der Waals surface area (Å²) in [6, 6.07) is 14.8. The lowest BCUT2D eigenvalue weighted by molar-refractivity contribution is -0.136. The Morgan fingerprint density at radius 2 is 1.71 bits per heavy atom. The van der Waals surface area contributed by atoms with Crippen molar-refractivity contribution in [3.8, 4) is 23.3 Å². The van der Waals surface area contributed by atoms with E-state index in [0.717, 1.165) is 12.0 Å². The highest BCUT2D eigenvalue weighted by Crippen LogP contribution is 2.36. The molecule has 0 heterocycles. The van der Waals surface area contributed by atoms with Gasteiger partial charge in [0.2, 0.25) is 0 Å². The maximum absolute atomic E-state index is 12.2. The second-order valence-electron chi connectivity index (χ2n) is 9.28. The summed E-state index contributed by atoms with van der Waals surface area (Å²) >= 11 is 0. The van der Waals surface area contributed by atoms with Gasteiger partial charge in [0, 0.05) is 6.08 Å². The molecule has 2 rings (SSSR count). The number of allylic oxidation sites excluding steroid dienone is 1. The molecule has 2 aromatic rings. The van der Waals surface area contributed by atoms with Crippen LogP contribution in [0.3, 0.4) is 0 Å². The van der Waals surface area contributed by atoms with E-state index >= 15 is 0 Å².